The van der Waals surface area contributed by atoms with Gasteiger partial charge in [0.15, 0.2) is 5.82 Å². The van der Waals surface area contributed by atoms with Crippen LogP contribution in [0.3, 0.4) is 0 Å². The van der Waals surface area contributed by atoms with Gasteiger partial charge in [0.1, 0.15) is 6.61 Å². The number of rotatable bonds is 8. The van der Waals surface area contributed by atoms with E-state index >= 15 is 0 Å². The molecular weight excluding hydrogens is 360 g/mol. The Morgan fingerprint density at radius 3 is 2.89 bits per heavy atom. The zero-order chi connectivity index (χ0) is 20.1. The summed E-state index contributed by atoms with van der Waals surface area (Å²) in [7, 11) is 1.71. The molecule has 0 radical (unpaired) electrons. The van der Waals surface area contributed by atoms with E-state index in [1.807, 2.05) is 24.8 Å². The minimum atomic E-state index is -0.0184. The van der Waals surface area contributed by atoms with Gasteiger partial charge in [-0.3, -0.25) is 4.79 Å². The fourth-order valence-electron chi connectivity index (χ4n) is 3.75. The third kappa shape index (κ3) is 4.80. The normalized spacial score (nSPS) is 17.3. The maximum absolute atomic E-state index is 13.1. The zero-order valence-electron chi connectivity index (χ0n) is 17.2. The van der Waals surface area contributed by atoms with Gasteiger partial charge in [0.25, 0.3) is 11.8 Å². The lowest BCUT2D eigenvalue weighted by Crippen LogP contribution is -2.43. The number of piperidine rings is 1. The fraction of sp³-hybridized carbons (Fsp3) is 0.650. The van der Waals surface area contributed by atoms with Gasteiger partial charge in [0.2, 0.25) is 0 Å². The maximum atomic E-state index is 13.1. The first-order valence-corrected chi connectivity index (χ1v) is 9.85. The number of nitrogens with zero attached hydrogens (tertiary/aromatic N) is 4. The van der Waals surface area contributed by atoms with Crippen molar-refractivity contribution in [3.8, 4) is 0 Å². The molecule has 1 saturated heterocycles. The van der Waals surface area contributed by atoms with Crippen molar-refractivity contribution >= 4 is 5.91 Å². The molecule has 0 aromatic carbocycles. The van der Waals surface area contributed by atoms with Crippen LogP contribution >= 0.6 is 0 Å². The van der Waals surface area contributed by atoms with Gasteiger partial charge in [-0.25, -0.2) is 0 Å². The van der Waals surface area contributed by atoms with Gasteiger partial charge in [-0.15, -0.1) is 0 Å². The van der Waals surface area contributed by atoms with Crippen molar-refractivity contribution in [3.05, 3.63) is 34.7 Å². The maximum Gasteiger partial charge on any atom is 0.255 e. The lowest BCUT2D eigenvalue weighted by atomic mass is 10.1. The first-order chi connectivity index (χ1) is 13.5. The molecule has 3 rings (SSSR count). The van der Waals surface area contributed by atoms with Crippen LogP contribution in [-0.4, -0.2) is 58.4 Å². The van der Waals surface area contributed by atoms with Crippen LogP contribution in [0.1, 0.15) is 52.7 Å². The predicted octanol–water partition coefficient (Wildman–Crippen LogP) is 2.65. The Kier molecular flexibility index (Phi) is 6.85. The summed E-state index contributed by atoms with van der Waals surface area (Å²) < 4.78 is 18.3. The average molecular weight is 390 g/mol. The molecular formula is C20H30N4O4. The average Bonchev–Trinajstić information content (AvgIpc) is 3.23. The molecule has 1 amide bonds. The number of amides is 1. The van der Waals surface area contributed by atoms with E-state index < -0.39 is 0 Å². The van der Waals surface area contributed by atoms with Crippen LogP contribution in [-0.2, 0) is 22.6 Å². The Hall–Kier alpha value is -2.19. The molecule has 1 unspecified atom stereocenters. The van der Waals surface area contributed by atoms with Gasteiger partial charge < -0.3 is 23.5 Å². The Labute approximate surface area is 165 Å². The summed E-state index contributed by atoms with van der Waals surface area (Å²) in [5, 5.41) is 3.77. The molecule has 2 aromatic heterocycles. The molecule has 1 atom stereocenters. The molecule has 154 valence electrons. The summed E-state index contributed by atoms with van der Waals surface area (Å²) in [4.78, 5) is 19.2. The smallest absolute Gasteiger partial charge is 0.255 e. The Morgan fingerprint density at radius 2 is 2.18 bits per heavy atom. The van der Waals surface area contributed by atoms with Crippen LogP contribution in [0.25, 0.3) is 0 Å². The highest BCUT2D eigenvalue weighted by Crippen LogP contribution is 2.21. The van der Waals surface area contributed by atoms with Crippen molar-refractivity contribution in [3.63, 3.8) is 0 Å². The SMILES string of the molecule is COCCCn1c(C)cc(C(=O)N2CCCC(OCc3nc(C)no3)C2)c1C. The quantitative estimate of drug-likeness (QED) is 0.645. The Morgan fingerprint density at radius 1 is 1.36 bits per heavy atom. The third-order valence-electron chi connectivity index (χ3n) is 5.21. The summed E-state index contributed by atoms with van der Waals surface area (Å²) in [6, 6.07) is 2.00. The molecule has 0 bridgehead atoms. The third-order valence-corrected chi connectivity index (χ3v) is 5.21. The summed E-state index contributed by atoms with van der Waals surface area (Å²) in [5.74, 6) is 1.15. The number of ether oxygens (including phenoxy) is 2. The van der Waals surface area contributed by atoms with Gasteiger partial charge in [-0.05, 0) is 46.1 Å². The number of aryl methyl sites for hydroxylation is 2. The molecule has 28 heavy (non-hydrogen) atoms. The fourth-order valence-corrected chi connectivity index (χ4v) is 3.75. The summed E-state index contributed by atoms with van der Waals surface area (Å²) in [6.45, 7) is 9.03. The highest BCUT2D eigenvalue weighted by molar-refractivity contribution is 5.95. The first-order valence-electron chi connectivity index (χ1n) is 9.85. The number of carbonyl (C=O) groups is 1. The molecule has 8 heteroatoms. The lowest BCUT2D eigenvalue weighted by Gasteiger charge is -2.32. The minimum absolute atomic E-state index is 0.0184. The van der Waals surface area contributed by atoms with Crippen molar-refractivity contribution in [2.45, 2.75) is 59.3 Å². The van der Waals surface area contributed by atoms with Gasteiger partial charge in [0.05, 0.1) is 11.7 Å². The van der Waals surface area contributed by atoms with Crippen LogP contribution in [0.5, 0.6) is 0 Å². The van der Waals surface area contributed by atoms with E-state index in [2.05, 4.69) is 14.7 Å². The van der Waals surface area contributed by atoms with Crippen molar-refractivity contribution in [2.75, 3.05) is 26.8 Å². The van der Waals surface area contributed by atoms with Gasteiger partial charge >= 0.3 is 0 Å². The first kappa shape index (κ1) is 20.5. The van der Waals surface area contributed by atoms with E-state index in [4.69, 9.17) is 14.0 Å². The van der Waals surface area contributed by atoms with Crippen LogP contribution < -0.4 is 0 Å². The largest absolute Gasteiger partial charge is 0.385 e. The van der Waals surface area contributed by atoms with Gasteiger partial charge in [-0.1, -0.05) is 5.16 Å². The van der Waals surface area contributed by atoms with E-state index in [9.17, 15) is 4.79 Å². The van der Waals surface area contributed by atoms with E-state index in [1.165, 1.54) is 0 Å². The topological polar surface area (TPSA) is 82.6 Å². The number of methoxy groups -OCH3 is 1. The Bertz CT molecular complexity index is 798. The molecule has 0 spiro atoms. The van der Waals surface area contributed by atoms with Crippen LogP contribution in [0.15, 0.2) is 10.6 Å². The molecule has 1 aliphatic heterocycles. The Balaban J connectivity index is 1.61. The van der Waals surface area contributed by atoms with E-state index in [1.54, 1.807) is 14.0 Å². The van der Waals surface area contributed by atoms with Crippen molar-refractivity contribution < 1.29 is 18.8 Å². The highest BCUT2D eigenvalue weighted by Gasteiger charge is 2.27. The summed E-state index contributed by atoms with van der Waals surface area (Å²) in [5.41, 5.74) is 2.90. The monoisotopic (exact) mass is 390 g/mol. The van der Waals surface area contributed by atoms with E-state index in [-0.39, 0.29) is 18.6 Å². The number of hydrogen-bond donors (Lipinski definition) is 0. The van der Waals surface area contributed by atoms with Crippen LogP contribution in [0.2, 0.25) is 0 Å². The molecule has 1 aliphatic rings. The van der Waals surface area contributed by atoms with E-state index in [0.717, 1.165) is 49.3 Å². The lowest BCUT2D eigenvalue weighted by molar-refractivity contribution is -0.0153. The molecule has 0 N–H and O–H groups in total. The number of hydrogen-bond acceptors (Lipinski definition) is 6. The second-order valence-corrected chi connectivity index (χ2v) is 7.34. The molecule has 0 saturated carbocycles. The van der Waals surface area contributed by atoms with Gasteiger partial charge in [-0.2, -0.15) is 4.98 Å². The highest BCUT2D eigenvalue weighted by atomic mass is 16.5. The molecule has 0 aliphatic carbocycles. The van der Waals surface area contributed by atoms with Crippen LogP contribution in [0, 0.1) is 20.8 Å². The van der Waals surface area contributed by atoms with E-state index in [0.29, 0.717) is 24.9 Å². The minimum Gasteiger partial charge on any atom is -0.385 e. The number of carbonyl (C=O) groups excluding carboxylic acids is 1. The molecule has 3 heterocycles. The molecule has 2 aromatic rings. The summed E-state index contributed by atoms with van der Waals surface area (Å²) in [6.07, 6.45) is 2.75. The van der Waals surface area contributed by atoms with Crippen molar-refractivity contribution in [1.82, 2.24) is 19.6 Å². The van der Waals surface area contributed by atoms with Gasteiger partial charge in [0, 0.05) is 44.7 Å². The predicted molar refractivity (Wildman–Crippen MR) is 103 cm³/mol. The van der Waals surface area contributed by atoms with Crippen molar-refractivity contribution in [2.24, 2.45) is 0 Å². The second-order valence-electron chi connectivity index (χ2n) is 7.34. The standard InChI is InChI=1S/C20H30N4O4/c1-14-11-18(15(2)24(14)9-6-10-26-4)20(25)23-8-5-7-17(12-23)27-13-19-21-16(3)22-28-19/h11,17H,5-10,12-13H2,1-4H3. The zero-order valence-corrected chi connectivity index (χ0v) is 17.2. The second kappa shape index (κ2) is 9.34. The number of likely N-dealkylation sites (tertiary alicyclic amines) is 1. The summed E-state index contributed by atoms with van der Waals surface area (Å²) >= 11 is 0. The van der Waals surface area contributed by atoms with Crippen molar-refractivity contribution in [1.29, 1.82) is 0 Å². The van der Waals surface area contributed by atoms with Crippen LogP contribution in [0.4, 0.5) is 0 Å². The molecule has 8 nitrogen and oxygen atoms in total. The number of aromatic nitrogens is 3. The molecule has 1 fully saturated rings.